The van der Waals surface area contributed by atoms with Gasteiger partial charge in [-0.3, -0.25) is 9.59 Å². The third-order valence-electron chi connectivity index (χ3n) is 3.35. The zero-order valence-corrected chi connectivity index (χ0v) is 11.4. The molecule has 2 heterocycles. The summed E-state index contributed by atoms with van der Waals surface area (Å²) in [4.78, 5) is 23.5. The first-order valence-electron chi connectivity index (χ1n) is 6.83. The lowest BCUT2D eigenvalue weighted by molar-refractivity contribution is -0.136. The fourth-order valence-corrected chi connectivity index (χ4v) is 2.25. The summed E-state index contributed by atoms with van der Waals surface area (Å²) >= 11 is 0. The van der Waals surface area contributed by atoms with Crippen LogP contribution in [0.25, 0.3) is 0 Å². The molecule has 2 aliphatic rings. The number of carbonyl (C=O) groups excluding carboxylic acids is 2. The van der Waals surface area contributed by atoms with Crippen LogP contribution in [0.15, 0.2) is 18.2 Å². The van der Waals surface area contributed by atoms with Crippen LogP contribution < -0.4 is 20.1 Å². The number of amides is 2. The van der Waals surface area contributed by atoms with Crippen LogP contribution in [0.5, 0.6) is 11.5 Å². The molecule has 1 aromatic carbocycles. The van der Waals surface area contributed by atoms with Gasteiger partial charge in [-0.15, -0.1) is 0 Å². The Morgan fingerprint density at radius 3 is 2.86 bits per heavy atom. The first-order chi connectivity index (χ1) is 10.2. The van der Waals surface area contributed by atoms with E-state index in [1.807, 2.05) is 0 Å². The predicted molar refractivity (Wildman–Crippen MR) is 73.2 cm³/mol. The molecule has 1 atom stereocenters. The molecule has 0 radical (unpaired) electrons. The summed E-state index contributed by atoms with van der Waals surface area (Å²) in [7, 11) is 0. The molecular formula is C14H16N2O5. The zero-order chi connectivity index (χ0) is 14.7. The molecule has 0 aromatic heterocycles. The van der Waals surface area contributed by atoms with Crippen molar-refractivity contribution in [3.63, 3.8) is 0 Å². The summed E-state index contributed by atoms with van der Waals surface area (Å²) < 4.78 is 15.8. The van der Waals surface area contributed by atoms with Crippen molar-refractivity contribution in [2.75, 3.05) is 25.3 Å². The minimum absolute atomic E-state index is 0.00675. The number of benzene rings is 1. The van der Waals surface area contributed by atoms with Crippen LogP contribution in [0.2, 0.25) is 0 Å². The highest BCUT2D eigenvalue weighted by molar-refractivity contribution is 6.39. The summed E-state index contributed by atoms with van der Waals surface area (Å²) in [5.41, 5.74) is 0.483. The molecule has 2 N–H and O–H groups in total. The fourth-order valence-electron chi connectivity index (χ4n) is 2.25. The van der Waals surface area contributed by atoms with Gasteiger partial charge in [0, 0.05) is 24.9 Å². The predicted octanol–water partition coefficient (Wildman–Crippen LogP) is 0.649. The minimum Gasteiger partial charge on any atom is -0.454 e. The molecule has 7 nitrogen and oxygen atoms in total. The Bertz CT molecular complexity index is 554. The highest BCUT2D eigenvalue weighted by Gasteiger charge is 2.20. The number of fused-ring (bicyclic) bond motifs is 1. The molecule has 2 amide bonds. The van der Waals surface area contributed by atoms with E-state index >= 15 is 0 Å². The summed E-state index contributed by atoms with van der Waals surface area (Å²) in [6, 6.07) is 4.95. The molecule has 1 saturated heterocycles. The number of hydrogen-bond acceptors (Lipinski definition) is 5. The van der Waals surface area contributed by atoms with E-state index < -0.39 is 11.8 Å². The van der Waals surface area contributed by atoms with Gasteiger partial charge in [0.05, 0.1) is 6.10 Å². The number of hydrogen-bond donors (Lipinski definition) is 2. The molecule has 1 aromatic rings. The zero-order valence-electron chi connectivity index (χ0n) is 11.4. The van der Waals surface area contributed by atoms with Gasteiger partial charge < -0.3 is 24.8 Å². The summed E-state index contributed by atoms with van der Waals surface area (Å²) in [5, 5.41) is 5.08. The standard InChI is InChI=1S/C14H16N2O5/c17-13(15-7-10-2-1-5-19-10)14(18)16-9-3-4-11-12(6-9)21-8-20-11/h3-4,6,10H,1-2,5,7-8H2,(H,15,17)(H,16,18)/t10-/m0/s1. The average Bonchev–Trinajstić information content (AvgIpc) is 3.15. The summed E-state index contributed by atoms with van der Waals surface area (Å²) in [6.07, 6.45) is 1.90. The lowest BCUT2D eigenvalue weighted by atomic mass is 10.2. The monoisotopic (exact) mass is 292 g/mol. The van der Waals surface area contributed by atoms with E-state index in [2.05, 4.69) is 10.6 Å². The van der Waals surface area contributed by atoms with Crippen molar-refractivity contribution in [3.8, 4) is 11.5 Å². The third-order valence-corrected chi connectivity index (χ3v) is 3.35. The number of rotatable bonds is 3. The Morgan fingerprint density at radius 1 is 1.19 bits per heavy atom. The topological polar surface area (TPSA) is 85.9 Å². The van der Waals surface area contributed by atoms with Crippen LogP contribution in [-0.2, 0) is 14.3 Å². The van der Waals surface area contributed by atoms with Crippen LogP contribution >= 0.6 is 0 Å². The second-order valence-electron chi connectivity index (χ2n) is 4.87. The van der Waals surface area contributed by atoms with Crippen molar-refractivity contribution >= 4 is 17.5 Å². The summed E-state index contributed by atoms with van der Waals surface area (Å²) in [5.74, 6) is -0.224. The van der Waals surface area contributed by atoms with Crippen molar-refractivity contribution in [2.24, 2.45) is 0 Å². The number of carbonyl (C=O) groups is 2. The maximum absolute atomic E-state index is 11.8. The molecule has 3 rings (SSSR count). The Labute approximate surface area is 121 Å². The average molecular weight is 292 g/mol. The Hall–Kier alpha value is -2.28. The van der Waals surface area contributed by atoms with Crippen LogP contribution in [0, 0.1) is 0 Å². The van der Waals surface area contributed by atoms with Gasteiger partial charge >= 0.3 is 11.8 Å². The van der Waals surface area contributed by atoms with Crippen LogP contribution in [0.3, 0.4) is 0 Å². The molecule has 0 aliphatic carbocycles. The van der Waals surface area contributed by atoms with E-state index in [-0.39, 0.29) is 12.9 Å². The Balaban J connectivity index is 1.51. The van der Waals surface area contributed by atoms with E-state index in [0.717, 1.165) is 12.8 Å². The molecule has 2 aliphatic heterocycles. The molecule has 0 bridgehead atoms. The quantitative estimate of drug-likeness (QED) is 0.799. The van der Waals surface area contributed by atoms with Gasteiger partial charge in [0.2, 0.25) is 6.79 Å². The number of nitrogens with one attached hydrogen (secondary N) is 2. The Morgan fingerprint density at radius 2 is 2.05 bits per heavy atom. The van der Waals surface area contributed by atoms with E-state index in [0.29, 0.717) is 30.3 Å². The van der Waals surface area contributed by atoms with Crippen LogP contribution in [0.1, 0.15) is 12.8 Å². The van der Waals surface area contributed by atoms with Gasteiger partial charge in [-0.1, -0.05) is 0 Å². The first kappa shape index (κ1) is 13.7. The lowest BCUT2D eigenvalue weighted by Crippen LogP contribution is -2.39. The smallest absolute Gasteiger partial charge is 0.313 e. The molecule has 0 spiro atoms. The lowest BCUT2D eigenvalue weighted by Gasteiger charge is -2.10. The SMILES string of the molecule is O=C(NC[C@@H]1CCCO1)C(=O)Nc1ccc2c(c1)OCO2. The van der Waals surface area contributed by atoms with Crippen LogP contribution in [0.4, 0.5) is 5.69 Å². The van der Waals surface area contributed by atoms with Crippen molar-refractivity contribution in [1.29, 1.82) is 0 Å². The molecule has 0 unspecified atom stereocenters. The molecule has 1 fully saturated rings. The third kappa shape index (κ3) is 3.25. The maximum Gasteiger partial charge on any atom is 0.313 e. The molecule has 7 heteroatoms. The molecule has 0 saturated carbocycles. The van der Waals surface area contributed by atoms with Crippen LogP contribution in [-0.4, -0.2) is 37.9 Å². The van der Waals surface area contributed by atoms with E-state index in [1.54, 1.807) is 18.2 Å². The highest BCUT2D eigenvalue weighted by Crippen LogP contribution is 2.34. The van der Waals surface area contributed by atoms with Crippen molar-refractivity contribution in [3.05, 3.63) is 18.2 Å². The normalized spacial score (nSPS) is 19.3. The second kappa shape index (κ2) is 6.01. The van der Waals surface area contributed by atoms with E-state index in [4.69, 9.17) is 14.2 Å². The van der Waals surface area contributed by atoms with Crippen molar-refractivity contribution in [2.45, 2.75) is 18.9 Å². The van der Waals surface area contributed by atoms with Gasteiger partial charge in [-0.2, -0.15) is 0 Å². The highest BCUT2D eigenvalue weighted by atomic mass is 16.7. The molecular weight excluding hydrogens is 276 g/mol. The van der Waals surface area contributed by atoms with Gasteiger partial charge in [-0.25, -0.2) is 0 Å². The first-order valence-corrected chi connectivity index (χ1v) is 6.83. The van der Waals surface area contributed by atoms with Gasteiger partial charge in [0.1, 0.15) is 0 Å². The van der Waals surface area contributed by atoms with E-state index in [9.17, 15) is 9.59 Å². The maximum atomic E-state index is 11.8. The number of anilines is 1. The van der Waals surface area contributed by atoms with Gasteiger partial charge in [0.25, 0.3) is 0 Å². The van der Waals surface area contributed by atoms with Crippen molar-refractivity contribution < 1.29 is 23.8 Å². The van der Waals surface area contributed by atoms with Gasteiger partial charge in [0.15, 0.2) is 11.5 Å². The summed E-state index contributed by atoms with van der Waals surface area (Å²) in [6.45, 7) is 1.23. The minimum atomic E-state index is -0.716. The van der Waals surface area contributed by atoms with Crippen molar-refractivity contribution in [1.82, 2.24) is 5.32 Å². The molecule has 112 valence electrons. The molecule has 21 heavy (non-hydrogen) atoms. The number of ether oxygens (including phenoxy) is 3. The van der Waals surface area contributed by atoms with Gasteiger partial charge in [-0.05, 0) is 25.0 Å². The Kier molecular flexibility index (Phi) is 3.92. The second-order valence-corrected chi connectivity index (χ2v) is 4.87. The van der Waals surface area contributed by atoms with E-state index in [1.165, 1.54) is 0 Å². The fraction of sp³-hybridized carbons (Fsp3) is 0.429. The largest absolute Gasteiger partial charge is 0.454 e.